The summed E-state index contributed by atoms with van der Waals surface area (Å²) in [5, 5.41) is 11.3. The SMILES string of the molecule is O=CN[C@@H]1CC[C@@H](CO)OC1. The Kier molecular flexibility index (Phi) is 3.32. The van der Waals surface area contributed by atoms with E-state index in [0.29, 0.717) is 13.0 Å². The van der Waals surface area contributed by atoms with Crippen molar-refractivity contribution in [3.63, 3.8) is 0 Å². The number of amides is 1. The Morgan fingerprint density at radius 1 is 1.64 bits per heavy atom. The Morgan fingerprint density at radius 2 is 2.45 bits per heavy atom. The first-order valence-electron chi connectivity index (χ1n) is 3.79. The van der Waals surface area contributed by atoms with E-state index in [-0.39, 0.29) is 18.8 Å². The van der Waals surface area contributed by atoms with E-state index < -0.39 is 0 Å². The molecule has 0 aromatic carbocycles. The predicted molar refractivity (Wildman–Crippen MR) is 39.0 cm³/mol. The fourth-order valence-electron chi connectivity index (χ4n) is 1.18. The molecule has 0 radical (unpaired) electrons. The first kappa shape index (κ1) is 8.49. The lowest BCUT2D eigenvalue weighted by Crippen LogP contribution is -2.40. The predicted octanol–water partition coefficient (Wildman–Crippen LogP) is -0.728. The highest BCUT2D eigenvalue weighted by atomic mass is 16.5. The van der Waals surface area contributed by atoms with Crippen molar-refractivity contribution in [3.05, 3.63) is 0 Å². The van der Waals surface area contributed by atoms with Gasteiger partial charge < -0.3 is 15.2 Å². The van der Waals surface area contributed by atoms with Crippen molar-refractivity contribution in [2.45, 2.75) is 25.0 Å². The molecule has 4 heteroatoms. The molecule has 1 amide bonds. The normalized spacial score (nSPS) is 31.4. The number of carbonyl (C=O) groups is 1. The number of nitrogens with one attached hydrogen (secondary N) is 1. The lowest BCUT2D eigenvalue weighted by Gasteiger charge is -2.27. The summed E-state index contributed by atoms with van der Waals surface area (Å²) in [5.41, 5.74) is 0. The Bertz CT molecular complexity index is 121. The summed E-state index contributed by atoms with van der Waals surface area (Å²) >= 11 is 0. The van der Waals surface area contributed by atoms with E-state index in [9.17, 15) is 4.79 Å². The van der Waals surface area contributed by atoms with E-state index in [2.05, 4.69) is 5.32 Å². The number of hydrogen-bond acceptors (Lipinski definition) is 3. The van der Waals surface area contributed by atoms with Crippen LogP contribution >= 0.6 is 0 Å². The Labute approximate surface area is 65.5 Å². The molecule has 1 aliphatic heterocycles. The van der Waals surface area contributed by atoms with Crippen molar-refractivity contribution < 1.29 is 14.6 Å². The molecule has 2 atom stereocenters. The van der Waals surface area contributed by atoms with Crippen molar-refractivity contribution in [3.8, 4) is 0 Å². The van der Waals surface area contributed by atoms with Gasteiger partial charge in [0.15, 0.2) is 0 Å². The molecule has 0 unspecified atom stereocenters. The van der Waals surface area contributed by atoms with Gasteiger partial charge in [-0.1, -0.05) is 0 Å². The summed E-state index contributed by atoms with van der Waals surface area (Å²) in [6.07, 6.45) is 2.37. The first-order valence-corrected chi connectivity index (χ1v) is 3.79. The first-order chi connectivity index (χ1) is 5.36. The van der Waals surface area contributed by atoms with Crippen molar-refractivity contribution in [1.29, 1.82) is 0 Å². The molecule has 1 saturated heterocycles. The Hall–Kier alpha value is -0.610. The van der Waals surface area contributed by atoms with Gasteiger partial charge in [-0.15, -0.1) is 0 Å². The molecule has 0 aliphatic carbocycles. The second-order valence-electron chi connectivity index (χ2n) is 2.70. The molecule has 0 aromatic heterocycles. The van der Waals surface area contributed by atoms with Gasteiger partial charge >= 0.3 is 0 Å². The summed E-state index contributed by atoms with van der Waals surface area (Å²) in [6.45, 7) is 0.595. The average molecular weight is 159 g/mol. The van der Waals surface area contributed by atoms with Gasteiger partial charge in [0.05, 0.1) is 25.4 Å². The second-order valence-corrected chi connectivity index (χ2v) is 2.70. The van der Waals surface area contributed by atoms with Crippen LogP contribution in [-0.2, 0) is 9.53 Å². The summed E-state index contributed by atoms with van der Waals surface area (Å²) < 4.78 is 5.22. The van der Waals surface area contributed by atoms with Gasteiger partial charge in [0.1, 0.15) is 0 Å². The molecule has 1 heterocycles. The number of aliphatic hydroxyl groups excluding tert-OH is 1. The fourth-order valence-corrected chi connectivity index (χ4v) is 1.18. The van der Waals surface area contributed by atoms with Gasteiger partial charge in [0, 0.05) is 0 Å². The van der Waals surface area contributed by atoms with Crippen molar-refractivity contribution >= 4 is 6.41 Å². The van der Waals surface area contributed by atoms with Gasteiger partial charge in [0.2, 0.25) is 6.41 Å². The van der Waals surface area contributed by atoms with Crippen LogP contribution in [0.1, 0.15) is 12.8 Å². The maximum absolute atomic E-state index is 10.0. The molecule has 4 nitrogen and oxygen atoms in total. The fraction of sp³-hybridized carbons (Fsp3) is 0.857. The highest BCUT2D eigenvalue weighted by molar-refractivity contribution is 5.46. The van der Waals surface area contributed by atoms with Crippen molar-refractivity contribution in [2.75, 3.05) is 13.2 Å². The molecule has 1 rings (SSSR count). The standard InChI is InChI=1S/C7H13NO3/c9-3-7-2-1-6(4-11-7)8-5-10/h5-7,9H,1-4H2,(H,8,10)/t6-,7+/m1/s1. The van der Waals surface area contributed by atoms with E-state index in [1.54, 1.807) is 0 Å². The summed E-state index contributed by atoms with van der Waals surface area (Å²) in [4.78, 5) is 10.0. The topological polar surface area (TPSA) is 58.6 Å². The minimum Gasteiger partial charge on any atom is -0.394 e. The minimum absolute atomic E-state index is 0.0281. The van der Waals surface area contributed by atoms with Gasteiger partial charge in [-0.05, 0) is 12.8 Å². The van der Waals surface area contributed by atoms with Gasteiger partial charge in [-0.3, -0.25) is 4.79 Å². The molecule has 64 valence electrons. The van der Waals surface area contributed by atoms with E-state index in [1.165, 1.54) is 0 Å². The zero-order chi connectivity index (χ0) is 8.10. The van der Waals surface area contributed by atoms with Gasteiger partial charge in [-0.25, -0.2) is 0 Å². The third-order valence-corrected chi connectivity index (χ3v) is 1.88. The van der Waals surface area contributed by atoms with Crippen molar-refractivity contribution in [1.82, 2.24) is 5.32 Å². The highest BCUT2D eigenvalue weighted by Crippen LogP contribution is 2.12. The lowest BCUT2D eigenvalue weighted by atomic mass is 10.1. The van der Waals surface area contributed by atoms with Crippen LogP contribution in [0.2, 0.25) is 0 Å². The molecule has 0 spiro atoms. The van der Waals surface area contributed by atoms with Crippen LogP contribution in [-0.4, -0.2) is 36.9 Å². The van der Waals surface area contributed by atoms with Gasteiger partial charge in [0.25, 0.3) is 0 Å². The summed E-state index contributed by atoms with van der Waals surface area (Å²) in [6, 6.07) is 0.135. The average Bonchev–Trinajstić information content (AvgIpc) is 2.07. The number of ether oxygens (including phenoxy) is 1. The monoisotopic (exact) mass is 159 g/mol. The van der Waals surface area contributed by atoms with E-state index >= 15 is 0 Å². The zero-order valence-corrected chi connectivity index (χ0v) is 6.32. The second kappa shape index (κ2) is 4.31. The number of aliphatic hydroxyl groups is 1. The molecular formula is C7H13NO3. The Morgan fingerprint density at radius 3 is 2.91 bits per heavy atom. The van der Waals surface area contributed by atoms with Crippen LogP contribution in [0.15, 0.2) is 0 Å². The number of carbonyl (C=O) groups excluding carboxylic acids is 1. The van der Waals surface area contributed by atoms with Crippen LogP contribution in [0.3, 0.4) is 0 Å². The van der Waals surface area contributed by atoms with Crippen LogP contribution < -0.4 is 5.32 Å². The van der Waals surface area contributed by atoms with Crippen molar-refractivity contribution in [2.24, 2.45) is 0 Å². The van der Waals surface area contributed by atoms with Crippen LogP contribution in [0.4, 0.5) is 0 Å². The van der Waals surface area contributed by atoms with Gasteiger partial charge in [-0.2, -0.15) is 0 Å². The molecule has 11 heavy (non-hydrogen) atoms. The Balaban J connectivity index is 2.18. The number of rotatable bonds is 3. The molecule has 0 bridgehead atoms. The molecule has 1 fully saturated rings. The van der Waals surface area contributed by atoms with Crippen LogP contribution in [0, 0.1) is 0 Å². The molecule has 0 aromatic rings. The maximum atomic E-state index is 10.0. The van der Waals surface area contributed by atoms with E-state index in [0.717, 1.165) is 12.8 Å². The lowest BCUT2D eigenvalue weighted by molar-refractivity contribution is -0.111. The smallest absolute Gasteiger partial charge is 0.207 e. The van der Waals surface area contributed by atoms with E-state index in [4.69, 9.17) is 9.84 Å². The third-order valence-electron chi connectivity index (χ3n) is 1.88. The molecule has 0 saturated carbocycles. The van der Waals surface area contributed by atoms with E-state index in [1.807, 2.05) is 0 Å². The summed E-state index contributed by atoms with van der Waals surface area (Å²) in [7, 11) is 0. The quantitative estimate of drug-likeness (QED) is 0.534. The van der Waals surface area contributed by atoms with Crippen LogP contribution in [0.5, 0.6) is 0 Å². The highest BCUT2D eigenvalue weighted by Gasteiger charge is 2.19. The molecule has 2 N–H and O–H groups in total. The number of hydrogen-bond donors (Lipinski definition) is 2. The van der Waals surface area contributed by atoms with Crippen LogP contribution in [0.25, 0.3) is 0 Å². The zero-order valence-electron chi connectivity index (χ0n) is 6.32. The molecule has 1 aliphatic rings. The maximum Gasteiger partial charge on any atom is 0.207 e. The molecular weight excluding hydrogens is 146 g/mol. The minimum atomic E-state index is -0.0281. The summed E-state index contributed by atoms with van der Waals surface area (Å²) in [5.74, 6) is 0. The largest absolute Gasteiger partial charge is 0.394 e. The third kappa shape index (κ3) is 2.48.